The van der Waals surface area contributed by atoms with E-state index in [0.717, 1.165) is 11.8 Å². The molecule has 0 spiro atoms. The molecular weight excluding hydrogens is 459 g/mol. The molecule has 0 bridgehead atoms. The zero-order chi connectivity index (χ0) is 24.7. The molecule has 3 aromatic carbocycles. The first kappa shape index (κ1) is 22.3. The number of nitrogens with zero attached hydrogens (tertiary/aromatic N) is 3. The largest absolute Gasteiger partial charge is 0.477 e. The van der Waals surface area contributed by atoms with Gasteiger partial charge in [0.2, 0.25) is 5.43 Å². The van der Waals surface area contributed by atoms with Crippen LogP contribution in [0.2, 0.25) is 0 Å². The van der Waals surface area contributed by atoms with E-state index in [-0.39, 0.29) is 21.9 Å². The fraction of sp³-hybridized carbons (Fsp3) is 0.0769. The Hall–Kier alpha value is -4.53. The van der Waals surface area contributed by atoms with E-state index >= 15 is 0 Å². The van der Waals surface area contributed by atoms with Crippen molar-refractivity contribution in [3.8, 4) is 22.5 Å². The lowest BCUT2D eigenvalue weighted by Crippen LogP contribution is -2.24. The van der Waals surface area contributed by atoms with Crippen molar-refractivity contribution < 1.29 is 23.1 Å². The quantitative estimate of drug-likeness (QED) is 0.345. The Labute approximate surface area is 195 Å². The molecule has 0 aliphatic rings. The number of halogens is 3. The second-order valence-corrected chi connectivity index (χ2v) is 7.90. The van der Waals surface area contributed by atoms with E-state index in [1.165, 1.54) is 12.1 Å². The van der Waals surface area contributed by atoms with Gasteiger partial charge in [-0.1, -0.05) is 60.7 Å². The zero-order valence-electron chi connectivity index (χ0n) is 18.0. The number of hydrogen-bond donors (Lipinski definition) is 1. The Balaban J connectivity index is 1.92. The summed E-state index contributed by atoms with van der Waals surface area (Å²) >= 11 is 0. The Kier molecular flexibility index (Phi) is 5.32. The summed E-state index contributed by atoms with van der Waals surface area (Å²) in [6.45, 7) is -1.46. The molecule has 0 unspecified atom stereocenters. The van der Waals surface area contributed by atoms with E-state index in [4.69, 9.17) is 9.97 Å². The summed E-state index contributed by atoms with van der Waals surface area (Å²) < 4.78 is 40.5. The Morgan fingerprint density at radius 2 is 1.43 bits per heavy atom. The molecule has 2 heterocycles. The maximum atomic E-state index is 13.3. The molecule has 0 aliphatic carbocycles. The van der Waals surface area contributed by atoms with Gasteiger partial charge in [0, 0.05) is 17.3 Å². The Morgan fingerprint density at radius 1 is 0.857 bits per heavy atom. The molecular formula is C26H16F3N3O3. The number of fused-ring (bicyclic) bond motifs is 3. The number of carboxylic acid groups (broad SMARTS) is 1. The number of alkyl halides is 3. The van der Waals surface area contributed by atoms with E-state index < -0.39 is 29.7 Å². The van der Waals surface area contributed by atoms with Crippen molar-refractivity contribution in [1.29, 1.82) is 0 Å². The molecule has 0 atom stereocenters. The maximum absolute atomic E-state index is 13.3. The lowest BCUT2D eigenvalue weighted by molar-refractivity contribution is -0.140. The van der Waals surface area contributed by atoms with Crippen molar-refractivity contribution >= 4 is 27.9 Å². The third-order valence-corrected chi connectivity index (χ3v) is 5.56. The smallest absolute Gasteiger partial charge is 0.406 e. The van der Waals surface area contributed by atoms with Crippen LogP contribution in [0.3, 0.4) is 0 Å². The lowest BCUT2D eigenvalue weighted by atomic mass is 10.0. The van der Waals surface area contributed by atoms with Crippen LogP contribution in [0.4, 0.5) is 13.2 Å². The number of carbonyl (C=O) groups is 1. The summed E-state index contributed by atoms with van der Waals surface area (Å²) in [4.78, 5) is 34.3. The highest BCUT2D eigenvalue weighted by molar-refractivity contribution is 6.06. The average Bonchev–Trinajstić information content (AvgIpc) is 2.84. The number of aromatic carboxylic acids is 1. The van der Waals surface area contributed by atoms with E-state index in [9.17, 15) is 27.9 Å². The number of hydrogen-bond acceptors (Lipinski definition) is 4. The Bertz CT molecular complexity index is 1650. The van der Waals surface area contributed by atoms with E-state index in [2.05, 4.69) is 0 Å². The Morgan fingerprint density at radius 3 is 1.97 bits per heavy atom. The first-order chi connectivity index (χ1) is 16.7. The van der Waals surface area contributed by atoms with Crippen LogP contribution in [0, 0.1) is 0 Å². The van der Waals surface area contributed by atoms with Gasteiger partial charge in [0.1, 0.15) is 17.6 Å². The van der Waals surface area contributed by atoms with Gasteiger partial charge in [-0.15, -0.1) is 0 Å². The van der Waals surface area contributed by atoms with Gasteiger partial charge in [-0.3, -0.25) is 4.79 Å². The summed E-state index contributed by atoms with van der Waals surface area (Å²) in [5.41, 5.74) is 0.900. The van der Waals surface area contributed by atoms with Crippen molar-refractivity contribution in [3.05, 3.63) is 94.8 Å². The van der Waals surface area contributed by atoms with Crippen LogP contribution >= 0.6 is 0 Å². The van der Waals surface area contributed by atoms with Crippen molar-refractivity contribution in [2.24, 2.45) is 0 Å². The molecule has 0 radical (unpaired) electrons. The molecule has 6 nitrogen and oxygen atoms in total. The fourth-order valence-corrected chi connectivity index (χ4v) is 4.06. The SMILES string of the molecule is O=C(O)c1cn(CC(F)(F)F)c2ccc3nc(-c4ccccc4)c(-c4ccccc4)nc3c2c1=O. The molecule has 9 heteroatoms. The monoisotopic (exact) mass is 475 g/mol. The number of pyridine rings is 1. The number of rotatable bonds is 4. The highest BCUT2D eigenvalue weighted by Gasteiger charge is 2.30. The van der Waals surface area contributed by atoms with Crippen molar-refractivity contribution in [2.75, 3.05) is 0 Å². The highest BCUT2D eigenvalue weighted by atomic mass is 19.4. The molecule has 2 aromatic heterocycles. The predicted octanol–water partition coefficient (Wildman–Crippen LogP) is 5.54. The van der Waals surface area contributed by atoms with Gasteiger partial charge >= 0.3 is 12.1 Å². The minimum Gasteiger partial charge on any atom is -0.477 e. The van der Waals surface area contributed by atoms with Gasteiger partial charge in [-0.2, -0.15) is 13.2 Å². The average molecular weight is 475 g/mol. The van der Waals surface area contributed by atoms with Crippen LogP contribution in [0.1, 0.15) is 10.4 Å². The minimum atomic E-state index is -4.63. The standard InChI is InChI=1S/C26H16F3N3O3/c27-26(28,29)14-32-13-17(25(34)35)24(33)20-19(32)12-11-18-23(20)31-22(16-9-5-2-6-10-16)21(30-18)15-7-3-1-4-8-15/h1-13H,14H2,(H,34,35). The van der Waals surface area contributed by atoms with Crippen molar-refractivity contribution in [3.63, 3.8) is 0 Å². The molecule has 0 aliphatic heterocycles. The van der Waals surface area contributed by atoms with Gasteiger partial charge in [-0.05, 0) is 12.1 Å². The lowest BCUT2D eigenvalue weighted by Gasteiger charge is -2.16. The molecule has 5 rings (SSSR count). The molecule has 0 amide bonds. The highest BCUT2D eigenvalue weighted by Crippen LogP contribution is 2.33. The first-order valence-corrected chi connectivity index (χ1v) is 10.5. The van der Waals surface area contributed by atoms with Crippen LogP contribution in [-0.4, -0.2) is 31.8 Å². The van der Waals surface area contributed by atoms with E-state index in [1.54, 1.807) is 24.3 Å². The first-order valence-electron chi connectivity index (χ1n) is 10.5. The van der Waals surface area contributed by atoms with E-state index in [1.807, 2.05) is 36.4 Å². The summed E-state index contributed by atoms with van der Waals surface area (Å²) in [5.74, 6) is -1.62. The molecule has 35 heavy (non-hydrogen) atoms. The second-order valence-electron chi connectivity index (χ2n) is 7.90. The second kappa shape index (κ2) is 8.35. The van der Waals surface area contributed by atoms with Gasteiger partial charge in [0.15, 0.2) is 0 Å². The van der Waals surface area contributed by atoms with Crippen LogP contribution < -0.4 is 5.43 Å². The normalized spacial score (nSPS) is 11.7. The summed E-state index contributed by atoms with van der Waals surface area (Å²) in [6, 6.07) is 21.1. The van der Waals surface area contributed by atoms with Crippen molar-refractivity contribution in [2.45, 2.75) is 12.7 Å². The summed E-state index contributed by atoms with van der Waals surface area (Å²) in [7, 11) is 0. The topological polar surface area (TPSA) is 85.1 Å². The molecule has 0 saturated heterocycles. The molecule has 174 valence electrons. The van der Waals surface area contributed by atoms with Crippen LogP contribution in [-0.2, 0) is 6.54 Å². The van der Waals surface area contributed by atoms with E-state index in [0.29, 0.717) is 21.5 Å². The van der Waals surface area contributed by atoms with Gasteiger partial charge in [-0.25, -0.2) is 14.8 Å². The summed E-state index contributed by atoms with van der Waals surface area (Å²) in [5, 5.41) is 9.29. The van der Waals surface area contributed by atoms with Crippen LogP contribution in [0.15, 0.2) is 83.8 Å². The zero-order valence-corrected chi connectivity index (χ0v) is 18.0. The molecule has 0 fully saturated rings. The number of carboxylic acids is 1. The number of benzene rings is 3. The predicted molar refractivity (Wildman–Crippen MR) is 125 cm³/mol. The molecule has 5 aromatic rings. The minimum absolute atomic E-state index is 0.0325. The van der Waals surface area contributed by atoms with Crippen LogP contribution in [0.5, 0.6) is 0 Å². The van der Waals surface area contributed by atoms with Gasteiger partial charge < -0.3 is 9.67 Å². The molecule has 1 N–H and O–H groups in total. The van der Waals surface area contributed by atoms with Gasteiger partial charge in [0.25, 0.3) is 0 Å². The third kappa shape index (κ3) is 4.12. The van der Waals surface area contributed by atoms with Crippen molar-refractivity contribution in [1.82, 2.24) is 14.5 Å². The summed E-state index contributed by atoms with van der Waals surface area (Å²) in [6.07, 6.45) is -3.92. The maximum Gasteiger partial charge on any atom is 0.406 e. The third-order valence-electron chi connectivity index (χ3n) is 5.56. The van der Waals surface area contributed by atoms with Crippen LogP contribution in [0.25, 0.3) is 44.5 Å². The fourth-order valence-electron chi connectivity index (χ4n) is 4.06. The molecule has 0 saturated carbocycles. The van der Waals surface area contributed by atoms with Gasteiger partial charge in [0.05, 0.1) is 27.8 Å². The number of aromatic nitrogens is 3.